The van der Waals surface area contributed by atoms with Crippen LogP contribution in [-0.4, -0.2) is 51.9 Å². The van der Waals surface area contributed by atoms with E-state index < -0.39 is 11.6 Å². The minimum Gasteiger partial charge on any atom is -0.385 e. The molecule has 5 nitrogen and oxygen atoms in total. The molecule has 0 radical (unpaired) electrons. The highest BCUT2D eigenvalue weighted by Crippen LogP contribution is 2.24. The fraction of sp³-hybridized carbons (Fsp3) is 0.632. The molecular formula is C19H30F2N4O. The van der Waals surface area contributed by atoms with Crippen LogP contribution >= 0.6 is 0 Å². The van der Waals surface area contributed by atoms with E-state index in [0.29, 0.717) is 12.2 Å². The Morgan fingerprint density at radius 3 is 2.88 bits per heavy atom. The van der Waals surface area contributed by atoms with E-state index in [1.807, 2.05) is 11.8 Å². The summed E-state index contributed by atoms with van der Waals surface area (Å²) in [6.45, 7) is 5.78. The zero-order chi connectivity index (χ0) is 18.8. The van der Waals surface area contributed by atoms with Crippen LogP contribution in [0.2, 0.25) is 0 Å². The number of hydrogen-bond donors (Lipinski definition) is 2. The first kappa shape index (κ1) is 20.4. The summed E-state index contributed by atoms with van der Waals surface area (Å²) in [5.41, 5.74) is 0.454. The number of methoxy groups -OCH3 is 1. The van der Waals surface area contributed by atoms with Crippen molar-refractivity contribution >= 4 is 11.6 Å². The van der Waals surface area contributed by atoms with E-state index >= 15 is 0 Å². The Hall–Kier alpha value is -1.89. The number of rotatable bonds is 9. The first-order valence-corrected chi connectivity index (χ1v) is 9.37. The van der Waals surface area contributed by atoms with Crippen LogP contribution in [0.5, 0.6) is 0 Å². The first-order valence-electron chi connectivity index (χ1n) is 9.37. The van der Waals surface area contributed by atoms with Gasteiger partial charge < -0.3 is 20.3 Å². The Labute approximate surface area is 154 Å². The summed E-state index contributed by atoms with van der Waals surface area (Å²) in [6, 6.07) is 3.93. The minimum absolute atomic E-state index is 0.186. The van der Waals surface area contributed by atoms with Crippen molar-refractivity contribution in [2.45, 2.75) is 38.6 Å². The highest BCUT2D eigenvalue weighted by atomic mass is 19.1. The standard InChI is InChI=1S/C19H30F2N4O/c1-3-22-19(23-10-5-4-6-12-26-2)24-16-9-11-25(14-16)18-8-7-15(20)13-17(18)21/h7-8,13,16H,3-6,9-12,14H2,1-2H3,(H2,22,23,24). The number of nitrogens with one attached hydrogen (secondary N) is 2. The number of hydrogen-bond acceptors (Lipinski definition) is 3. The molecule has 7 heteroatoms. The Kier molecular flexibility index (Phi) is 8.61. The average molecular weight is 368 g/mol. The molecule has 0 spiro atoms. The van der Waals surface area contributed by atoms with Gasteiger partial charge in [0.2, 0.25) is 0 Å². The molecule has 1 atom stereocenters. The summed E-state index contributed by atoms with van der Waals surface area (Å²) < 4.78 is 32.1. The third-order valence-corrected chi connectivity index (χ3v) is 4.40. The molecule has 1 aromatic rings. The molecule has 0 saturated carbocycles. The van der Waals surface area contributed by atoms with Crippen LogP contribution in [0.3, 0.4) is 0 Å². The van der Waals surface area contributed by atoms with Gasteiger partial charge in [0, 0.05) is 52.0 Å². The molecule has 1 fully saturated rings. The summed E-state index contributed by atoms with van der Waals surface area (Å²) in [5, 5.41) is 6.68. The second kappa shape index (κ2) is 11.0. The second-order valence-electron chi connectivity index (χ2n) is 6.49. The van der Waals surface area contributed by atoms with Crippen molar-refractivity contribution in [2.75, 3.05) is 44.8 Å². The van der Waals surface area contributed by atoms with E-state index in [1.165, 1.54) is 12.1 Å². The van der Waals surface area contributed by atoms with Gasteiger partial charge >= 0.3 is 0 Å². The molecular weight excluding hydrogens is 338 g/mol. The number of unbranched alkanes of at least 4 members (excludes halogenated alkanes) is 2. The quantitative estimate of drug-likeness (QED) is 0.400. The van der Waals surface area contributed by atoms with Gasteiger partial charge in [0.15, 0.2) is 5.96 Å². The van der Waals surface area contributed by atoms with Crippen LogP contribution in [0.25, 0.3) is 0 Å². The van der Waals surface area contributed by atoms with Crippen molar-refractivity contribution in [3.8, 4) is 0 Å². The molecule has 1 aliphatic rings. The molecule has 1 heterocycles. The van der Waals surface area contributed by atoms with Gasteiger partial charge in [-0.25, -0.2) is 8.78 Å². The van der Waals surface area contributed by atoms with Crippen molar-refractivity contribution in [1.29, 1.82) is 0 Å². The molecule has 0 aliphatic carbocycles. The van der Waals surface area contributed by atoms with E-state index in [2.05, 4.69) is 15.6 Å². The summed E-state index contributed by atoms with van der Waals surface area (Å²) in [6.07, 6.45) is 4.06. The van der Waals surface area contributed by atoms with Gasteiger partial charge in [-0.2, -0.15) is 0 Å². The fourth-order valence-electron chi connectivity index (χ4n) is 3.07. The topological polar surface area (TPSA) is 48.9 Å². The van der Waals surface area contributed by atoms with E-state index in [4.69, 9.17) is 4.74 Å². The van der Waals surface area contributed by atoms with Gasteiger partial charge in [0.1, 0.15) is 11.6 Å². The second-order valence-corrected chi connectivity index (χ2v) is 6.49. The molecule has 0 aromatic heterocycles. The van der Waals surface area contributed by atoms with Gasteiger partial charge in [-0.05, 0) is 44.7 Å². The van der Waals surface area contributed by atoms with Gasteiger partial charge in [0.05, 0.1) is 5.69 Å². The molecule has 0 amide bonds. The van der Waals surface area contributed by atoms with E-state index in [1.54, 1.807) is 7.11 Å². The fourth-order valence-corrected chi connectivity index (χ4v) is 3.07. The maximum Gasteiger partial charge on any atom is 0.191 e. The maximum atomic E-state index is 14.0. The average Bonchev–Trinajstić information content (AvgIpc) is 3.06. The van der Waals surface area contributed by atoms with Crippen molar-refractivity contribution in [3.05, 3.63) is 29.8 Å². The van der Waals surface area contributed by atoms with Crippen molar-refractivity contribution in [1.82, 2.24) is 10.6 Å². The molecule has 2 rings (SSSR count). The molecule has 1 aromatic carbocycles. The highest BCUT2D eigenvalue weighted by Gasteiger charge is 2.25. The van der Waals surface area contributed by atoms with Crippen molar-refractivity contribution in [3.63, 3.8) is 0 Å². The predicted molar refractivity (Wildman–Crippen MR) is 102 cm³/mol. The van der Waals surface area contributed by atoms with Crippen molar-refractivity contribution in [2.24, 2.45) is 4.99 Å². The van der Waals surface area contributed by atoms with Crippen LogP contribution in [0, 0.1) is 11.6 Å². The lowest BCUT2D eigenvalue weighted by Gasteiger charge is -2.21. The lowest BCUT2D eigenvalue weighted by Crippen LogP contribution is -2.44. The Balaban J connectivity index is 1.83. The van der Waals surface area contributed by atoms with Crippen molar-refractivity contribution < 1.29 is 13.5 Å². The van der Waals surface area contributed by atoms with Gasteiger partial charge in [-0.1, -0.05) is 0 Å². The Morgan fingerprint density at radius 1 is 1.31 bits per heavy atom. The number of benzene rings is 1. The summed E-state index contributed by atoms with van der Waals surface area (Å²) in [5.74, 6) is -0.264. The van der Waals surface area contributed by atoms with Crippen LogP contribution in [0.4, 0.5) is 14.5 Å². The van der Waals surface area contributed by atoms with Gasteiger partial charge in [0.25, 0.3) is 0 Å². The lowest BCUT2D eigenvalue weighted by molar-refractivity contribution is 0.192. The Bertz CT molecular complexity index is 583. The third kappa shape index (κ3) is 6.44. The zero-order valence-electron chi connectivity index (χ0n) is 15.7. The van der Waals surface area contributed by atoms with E-state index in [-0.39, 0.29) is 6.04 Å². The summed E-state index contributed by atoms with van der Waals surface area (Å²) in [7, 11) is 1.72. The number of nitrogens with zero attached hydrogens (tertiary/aromatic N) is 2. The van der Waals surface area contributed by atoms with Crippen LogP contribution in [0.15, 0.2) is 23.2 Å². The minimum atomic E-state index is -0.549. The van der Waals surface area contributed by atoms with E-state index in [0.717, 1.165) is 64.0 Å². The molecule has 0 bridgehead atoms. The molecule has 1 unspecified atom stereocenters. The first-order chi connectivity index (χ1) is 12.6. The normalized spacial score (nSPS) is 17.6. The predicted octanol–water partition coefficient (Wildman–Crippen LogP) is 2.92. The highest BCUT2D eigenvalue weighted by molar-refractivity contribution is 5.80. The molecule has 1 saturated heterocycles. The summed E-state index contributed by atoms with van der Waals surface area (Å²) >= 11 is 0. The zero-order valence-corrected chi connectivity index (χ0v) is 15.7. The largest absolute Gasteiger partial charge is 0.385 e. The molecule has 1 aliphatic heterocycles. The monoisotopic (exact) mass is 368 g/mol. The molecule has 2 N–H and O–H groups in total. The lowest BCUT2D eigenvalue weighted by atomic mass is 10.2. The van der Waals surface area contributed by atoms with Crippen LogP contribution in [0.1, 0.15) is 32.6 Å². The summed E-state index contributed by atoms with van der Waals surface area (Å²) in [4.78, 5) is 6.56. The third-order valence-electron chi connectivity index (χ3n) is 4.40. The molecule has 146 valence electrons. The maximum absolute atomic E-state index is 14.0. The van der Waals surface area contributed by atoms with Gasteiger partial charge in [-0.15, -0.1) is 0 Å². The van der Waals surface area contributed by atoms with Crippen LogP contribution in [-0.2, 0) is 4.74 Å². The number of anilines is 1. The SMILES string of the molecule is CCNC(=NCCCCCOC)NC1CCN(c2ccc(F)cc2F)C1. The number of ether oxygens (including phenoxy) is 1. The molecule has 26 heavy (non-hydrogen) atoms. The van der Waals surface area contributed by atoms with Gasteiger partial charge in [-0.3, -0.25) is 4.99 Å². The number of guanidine groups is 1. The number of halogens is 2. The number of aliphatic imine (C=N–C) groups is 1. The van der Waals surface area contributed by atoms with E-state index in [9.17, 15) is 8.78 Å². The van der Waals surface area contributed by atoms with Crippen LogP contribution < -0.4 is 15.5 Å². The smallest absolute Gasteiger partial charge is 0.191 e. The Morgan fingerprint density at radius 2 is 2.15 bits per heavy atom.